The Morgan fingerprint density at radius 2 is 1.89 bits per heavy atom. The van der Waals surface area contributed by atoms with Gasteiger partial charge in [0.25, 0.3) is 0 Å². The van der Waals surface area contributed by atoms with E-state index in [4.69, 9.17) is 13.9 Å². The van der Waals surface area contributed by atoms with Gasteiger partial charge in [0.1, 0.15) is 17.1 Å². The van der Waals surface area contributed by atoms with E-state index in [-0.39, 0.29) is 5.97 Å². The largest absolute Gasteiger partial charge is 0.479 e. The summed E-state index contributed by atoms with van der Waals surface area (Å²) in [5, 5.41) is 1.06. The molecular weight excluding hydrogens is 340 g/mol. The Hall–Kier alpha value is -2.75. The Morgan fingerprint density at radius 1 is 1.04 bits per heavy atom. The lowest BCUT2D eigenvalue weighted by Crippen LogP contribution is -2.29. The average Bonchev–Trinajstić information content (AvgIpc) is 3.12. The molecule has 0 fully saturated rings. The topological polar surface area (TPSA) is 48.7 Å². The van der Waals surface area contributed by atoms with Crippen molar-refractivity contribution in [3.63, 3.8) is 0 Å². The fourth-order valence-electron chi connectivity index (χ4n) is 3.05. The van der Waals surface area contributed by atoms with Crippen LogP contribution in [0.1, 0.15) is 39.5 Å². The van der Waals surface area contributed by atoms with Gasteiger partial charge in [-0.05, 0) is 44.0 Å². The second-order valence-corrected chi connectivity index (χ2v) is 6.53. The van der Waals surface area contributed by atoms with E-state index in [0.717, 1.165) is 41.6 Å². The molecule has 1 unspecified atom stereocenters. The summed E-state index contributed by atoms with van der Waals surface area (Å²) in [6.45, 7) is 4.30. The van der Waals surface area contributed by atoms with Crippen molar-refractivity contribution < 1.29 is 18.7 Å². The zero-order valence-corrected chi connectivity index (χ0v) is 15.9. The molecule has 0 saturated carbocycles. The summed E-state index contributed by atoms with van der Waals surface area (Å²) in [5.41, 5.74) is 1.77. The maximum atomic E-state index is 12.2. The van der Waals surface area contributed by atoms with E-state index in [2.05, 4.69) is 6.92 Å². The quantitative estimate of drug-likeness (QED) is 0.345. The first kappa shape index (κ1) is 19.0. The summed E-state index contributed by atoms with van der Waals surface area (Å²) in [5.74, 6) is 1.12. The number of rotatable bonds is 9. The van der Waals surface area contributed by atoms with Crippen LogP contribution in [0.4, 0.5) is 0 Å². The van der Waals surface area contributed by atoms with Gasteiger partial charge in [0, 0.05) is 10.9 Å². The highest BCUT2D eigenvalue weighted by molar-refractivity contribution is 5.83. The number of ether oxygens (including phenoxy) is 2. The second-order valence-electron chi connectivity index (χ2n) is 6.53. The molecule has 0 bridgehead atoms. The molecule has 4 nitrogen and oxygen atoms in total. The molecule has 2 aromatic carbocycles. The number of unbranched alkanes of at least 4 members (excludes halogenated alkanes) is 2. The molecule has 3 aromatic rings. The van der Waals surface area contributed by atoms with Crippen LogP contribution in [-0.2, 0) is 9.53 Å². The van der Waals surface area contributed by atoms with Crippen LogP contribution < -0.4 is 4.74 Å². The molecule has 1 atom stereocenters. The second kappa shape index (κ2) is 9.26. The van der Waals surface area contributed by atoms with E-state index in [1.165, 1.54) is 0 Å². The third kappa shape index (κ3) is 4.91. The number of hydrogen-bond donors (Lipinski definition) is 0. The molecule has 0 aliphatic carbocycles. The molecule has 0 saturated heterocycles. The minimum absolute atomic E-state index is 0.303. The molecule has 4 heteroatoms. The van der Waals surface area contributed by atoms with Crippen LogP contribution in [0.2, 0.25) is 0 Å². The number of carbonyl (C=O) groups is 1. The number of esters is 1. The average molecular weight is 366 g/mol. The van der Waals surface area contributed by atoms with Crippen molar-refractivity contribution >= 4 is 16.9 Å². The van der Waals surface area contributed by atoms with Crippen molar-refractivity contribution in [2.45, 2.75) is 45.6 Å². The van der Waals surface area contributed by atoms with E-state index >= 15 is 0 Å². The molecule has 0 radical (unpaired) electrons. The highest BCUT2D eigenvalue weighted by atomic mass is 16.6. The third-order valence-corrected chi connectivity index (χ3v) is 4.44. The lowest BCUT2D eigenvalue weighted by atomic mass is 10.1. The Kier molecular flexibility index (Phi) is 6.53. The fraction of sp³-hybridized carbons (Fsp3) is 0.348. The van der Waals surface area contributed by atoms with Crippen LogP contribution in [0, 0.1) is 0 Å². The van der Waals surface area contributed by atoms with Crippen LogP contribution >= 0.6 is 0 Å². The monoisotopic (exact) mass is 366 g/mol. The van der Waals surface area contributed by atoms with Gasteiger partial charge in [0.15, 0.2) is 6.10 Å². The standard InChI is InChI=1S/C23H26O4/c1-3-5-6-14-21(23(24)25-4-2)26-19-12-9-11-17(15-19)22-16-18-10-7-8-13-20(18)27-22/h7-13,15-16,21H,3-6,14H2,1-2H3. The molecule has 0 amide bonds. The number of fused-ring (bicyclic) bond motifs is 1. The van der Waals surface area contributed by atoms with Crippen LogP contribution in [0.5, 0.6) is 5.75 Å². The van der Waals surface area contributed by atoms with Gasteiger partial charge in [-0.2, -0.15) is 0 Å². The predicted molar refractivity (Wildman–Crippen MR) is 107 cm³/mol. The molecule has 0 spiro atoms. The van der Waals surface area contributed by atoms with E-state index in [9.17, 15) is 4.79 Å². The number of furan rings is 1. The SMILES string of the molecule is CCCCCC(Oc1cccc(-c2cc3ccccc3o2)c1)C(=O)OCC. The highest BCUT2D eigenvalue weighted by Gasteiger charge is 2.21. The van der Waals surface area contributed by atoms with Crippen molar-refractivity contribution in [1.29, 1.82) is 0 Å². The molecular formula is C23H26O4. The summed E-state index contributed by atoms with van der Waals surface area (Å²) in [6.07, 6.45) is 3.17. The number of benzene rings is 2. The predicted octanol–water partition coefficient (Wildman–Crippen LogP) is 5.99. The first-order chi connectivity index (χ1) is 13.2. The van der Waals surface area contributed by atoms with Gasteiger partial charge in [-0.3, -0.25) is 0 Å². The van der Waals surface area contributed by atoms with Crippen molar-refractivity contribution in [3.8, 4) is 17.1 Å². The van der Waals surface area contributed by atoms with Crippen LogP contribution in [-0.4, -0.2) is 18.7 Å². The minimum Gasteiger partial charge on any atom is -0.479 e. The summed E-state index contributed by atoms with van der Waals surface area (Å²) in [7, 11) is 0. The van der Waals surface area contributed by atoms with Gasteiger partial charge in [-0.15, -0.1) is 0 Å². The van der Waals surface area contributed by atoms with E-state index in [1.54, 1.807) is 0 Å². The van der Waals surface area contributed by atoms with Gasteiger partial charge in [0.05, 0.1) is 6.61 Å². The normalized spacial score (nSPS) is 12.1. The molecule has 27 heavy (non-hydrogen) atoms. The molecule has 0 aliphatic rings. The maximum Gasteiger partial charge on any atom is 0.347 e. The molecule has 1 heterocycles. The molecule has 1 aromatic heterocycles. The highest BCUT2D eigenvalue weighted by Crippen LogP contribution is 2.30. The zero-order valence-electron chi connectivity index (χ0n) is 15.9. The number of carbonyl (C=O) groups excluding carboxylic acids is 1. The first-order valence-electron chi connectivity index (χ1n) is 9.63. The lowest BCUT2D eigenvalue weighted by molar-refractivity contribution is -0.151. The van der Waals surface area contributed by atoms with Crippen molar-refractivity contribution in [1.82, 2.24) is 0 Å². The number of hydrogen-bond acceptors (Lipinski definition) is 4. The molecule has 3 rings (SSSR count). The van der Waals surface area contributed by atoms with Crippen LogP contribution in [0.25, 0.3) is 22.3 Å². The smallest absolute Gasteiger partial charge is 0.347 e. The number of para-hydroxylation sites is 1. The Labute approximate surface area is 160 Å². The van der Waals surface area contributed by atoms with Gasteiger partial charge in [0.2, 0.25) is 0 Å². The lowest BCUT2D eigenvalue weighted by Gasteiger charge is -2.18. The third-order valence-electron chi connectivity index (χ3n) is 4.44. The first-order valence-corrected chi connectivity index (χ1v) is 9.63. The summed E-state index contributed by atoms with van der Waals surface area (Å²) in [4.78, 5) is 12.2. The van der Waals surface area contributed by atoms with E-state index in [0.29, 0.717) is 18.8 Å². The molecule has 0 aliphatic heterocycles. The fourth-order valence-corrected chi connectivity index (χ4v) is 3.05. The van der Waals surface area contributed by atoms with Crippen LogP contribution in [0.3, 0.4) is 0 Å². The van der Waals surface area contributed by atoms with Gasteiger partial charge in [-0.25, -0.2) is 4.79 Å². The molecule has 0 N–H and O–H groups in total. The Bertz CT molecular complexity index is 848. The maximum absolute atomic E-state index is 12.2. The van der Waals surface area contributed by atoms with Gasteiger partial charge in [-0.1, -0.05) is 50.1 Å². The van der Waals surface area contributed by atoms with Crippen LogP contribution in [0.15, 0.2) is 59.0 Å². The van der Waals surface area contributed by atoms with Crippen molar-refractivity contribution in [3.05, 3.63) is 54.6 Å². The van der Waals surface area contributed by atoms with Crippen molar-refractivity contribution in [2.75, 3.05) is 6.61 Å². The van der Waals surface area contributed by atoms with Gasteiger partial charge < -0.3 is 13.9 Å². The van der Waals surface area contributed by atoms with Gasteiger partial charge >= 0.3 is 5.97 Å². The summed E-state index contributed by atoms with van der Waals surface area (Å²) < 4.78 is 17.1. The van der Waals surface area contributed by atoms with E-state index in [1.807, 2.05) is 61.5 Å². The van der Waals surface area contributed by atoms with E-state index < -0.39 is 6.10 Å². The van der Waals surface area contributed by atoms with Crippen molar-refractivity contribution in [2.24, 2.45) is 0 Å². The Morgan fingerprint density at radius 3 is 2.67 bits per heavy atom. The Balaban J connectivity index is 1.79. The summed E-state index contributed by atoms with van der Waals surface area (Å²) in [6, 6.07) is 17.6. The summed E-state index contributed by atoms with van der Waals surface area (Å²) >= 11 is 0. The zero-order chi connectivity index (χ0) is 19.1. The molecule has 142 valence electrons. The minimum atomic E-state index is -0.581.